The third kappa shape index (κ3) is 7.52. The highest BCUT2D eigenvalue weighted by Gasteiger charge is 1.85. The van der Waals surface area contributed by atoms with Crippen molar-refractivity contribution < 1.29 is 15.0 Å². The zero-order valence-corrected chi connectivity index (χ0v) is 6.30. The minimum atomic E-state index is -0.934. The molecule has 0 aliphatic heterocycles. The van der Waals surface area contributed by atoms with Gasteiger partial charge in [-0.1, -0.05) is 0 Å². The molecule has 0 aromatic carbocycles. The van der Waals surface area contributed by atoms with E-state index in [1.54, 1.807) is 0 Å². The fourth-order valence-electron chi connectivity index (χ4n) is 0.322. The lowest BCUT2D eigenvalue weighted by Crippen LogP contribution is -1.86. The number of carboxylic acids is 1. The maximum absolute atomic E-state index is 9.88. The number of hydrogen-bond acceptors (Lipinski definition) is 3. The molecule has 0 unspecified atom stereocenters. The van der Waals surface area contributed by atoms with Crippen molar-refractivity contribution in [1.82, 2.24) is 0 Å². The molecular formula is C6H10O3S. The van der Waals surface area contributed by atoms with Crippen LogP contribution in [-0.2, 0) is 4.79 Å². The number of rotatable bonds is 5. The Labute approximate surface area is 63.7 Å². The lowest BCUT2D eigenvalue weighted by Gasteiger charge is -1.89. The van der Waals surface area contributed by atoms with Crippen LogP contribution in [0, 0.1) is 0 Å². The summed E-state index contributed by atoms with van der Waals surface area (Å²) in [4.78, 5) is 9.88. The Kier molecular flexibility index (Phi) is 6.32. The van der Waals surface area contributed by atoms with E-state index < -0.39 is 5.97 Å². The summed E-state index contributed by atoms with van der Waals surface area (Å²) in [6.07, 6.45) is 1.79. The van der Waals surface area contributed by atoms with Crippen molar-refractivity contribution in [3.63, 3.8) is 0 Å². The van der Waals surface area contributed by atoms with E-state index in [4.69, 9.17) is 10.2 Å². The molecule has 0 rings (SSSR count). The molecule has 0 aliphatic carbocycles. The third-order valence-corrected chi connectivity index (χ3v) is 1.58. The summed E-state index contributed by atoms with van der Waals surface area (Å²) in [7, 11) is 0. The molecule has 0 saturated heterocycles. The van der Waals surface area contributed by atoms with Crippen molar-refractivity contribution in [2.24, 2.45) is 0 Å². The van der Waals surface area contributed by atoms with Crippen LogP contribution in [0.15, 0.2) is 11.5 Å². The molecule has 0 heterocycles. The van der Waals surface area contributed by atoms with Gasteiger partial charge in [-0.15, -0.1) is 11.8 Å². The maximum Gasteiger partial charge on any atom is 0.328 e. The van der Waals surface area contributed by atoms with Gasteiger partial charge in [0, 0.05) is 12.7 Å². The Morgan fingerprint density at radius 1 is 1.60 bits per heavy atom. The lowest BCUT2D eigenvalue weighted by atomic mass is 10.5. The molecule has 10 heavy (non-hydrogen) atoms. The summed E-state index contributed by atoms with van der Waals surface area (Å²) >= 11 is 1.38. The molecule has 0 bridgehead atoms. The second kappa shape index (κ2) is 6.64. The molecule has 3 nitrogen and oxygen atoms in total. The van der Waals surface area contributed by atoms with E-state index in [1.807, 2.05) is 0 Å². The van der Waals surface area contributed by atoms with E-state index in [0.717, 1.165) is 11.8 Å². The van der Waals surface area contributed by atoms with Gasteiger partial charge in [-0.3, -0.25) is 0 Å². The minimum Gasteiger partial charge on any atom is -0.478 e. The second-order valence-electron chi connectivity index (χ2n) is 1.59. The van der Waals surface area contributed by atoms with Crippen LogP contribution in [0.5, 0.6) is 0 Å². The van der Waals surface area contributed by atoms with Crippen molar-refractivity contribution >= 4 is 17.7 Å². The average Bonchev–Trinajstić information content (AvgIpc) is 1.87. The third-order valence-electron chi connectivity index (χ3n) is 0.727. The summed E-state index contributed by atoms with van der Waals surface area (Å²) in [5.41, 5.74) is 0. The highest BCUT2D eigenvalue weighted by Crippen LogP contribution is 2.02. The SMILES string of the molecule is O=C(O)C=CSCCCO. The lowest BCUT2D eigenvalue weighted by molar-refractivity contribution is -0.131. The number of carbonyl (C=O) groups is 1. The van der Waals surface area contributed by atoms with Crippen LogP contribution in [0.25, 0.3) is 0 Å². The molecule has 0 atom stereocenters. The molecule has 0 aromatic rings. The summed E-state index contributed by atoms with van der Waals surface area (Å²) in [5, 5.41) is 18.0. The largest absolute Gasteiger partial charge is 0.478 e. The van der Waals surface area contributed by atoms with Crippen LogP contribution in [0.2, 0.25) is 0 Å². The summed E-state index contributed by atoms with van der Waals surface area (Å²) in [6, 6.07) is 0. The molecule has 0 amide bonds. The van der Waals surface area contributed by atoms with Crippen molar-refractivity contribution in [2.75, 3.05) is 12.4 Å². The van der Waals surface area contributed by atoms with Crippen LogP contribution >= 0.6 is 11.8 Å². The zero-order valence-electron chi connectivity index (χ0n) is 5.49. The highest BCUT2D eigenvalue weighted by molar-refractivity contribution is 8.02. The molecule has 0 aliphatic rings. The Bertz CT molecular complexity index is 122. The molecule has 0 aromatic heterocycles. The van der Waals surface area contributed by atoms with E-state index in [-0.39, 0.29) is 6.61 Å². The topological polar surface area (TPSA) is 57.5 Å². The molecule has 4 heteroatoms. The number of hydrogen-bond donors (Lipinski definition) is 2. The first-order valence-electron chi connectivity index (χ1n) is 2.89. The van der Waals surface area contributed by atoms with Gasteiger partial charge in [-0.2, -0.15) is 0 Å². The van der Waals surface area contributed by atoms with Gasteiger partial charge in [0.1, 0.15) is 0 Å². The van der Waals surface area contributed by atoms with Crippen LogP contribution in [0.1, 0.15) is 6.42 Å². The first-order valence-corrected chi connectivity index (χ1v) is 3.94. The van der Waals surface area contributed by atoms with E-state index in [2.05, 4.69) is 0 Å². The molecule has 0 saturated carbocycles. The van der Waals surface area contributed by atoms with E-state index in [1.165, 1.54) is 17.2 Å². The van der Waals surface area contributed by atoms with E-state index in [9.17, 15) is 4.79 Å². The first kappa shape index (κ1) is 9.52. The van der Waals surface area contributed by atoms with Crippen LogP contribution in [0.3, 0.4) is 0 Å². The molecular weight excluding hydrogens is 152 g/mol. The van der Waals surface area contributed by atoms with Crippen molar-refractivity contribution in [3.05, 3.63) is 11.5 Å². The monoisotopic (exact) mass is 162 g/mol. The van der Waals surface area contributed by atoms with Gasteiger partial charge in [0.2, 0.25) is 0 Å². The fourth-order valence-corrected chi connectivity index (χ4v) is 0.967. The Morgan fingerprint density at radius 2 is 2.30 bits per heavy atom. The molecule has 0 radical (unpaired) electrons. The van der Waals surface area contributed by atoms with Crippen molar-refractivity contribution in [1.29, 1.82) is 0 Å². The number of carboxylic acid groups (broad SMARTS) is 1. The summed E-state index contributed by atoms with van der Waals surface area (Å²) < 4.78 is 0. The quantitative estimate of drug-likeness (QED) is 0.461. The van der Waals surface area contributed by atoms with Crippen molar-refractivity contribution in [3.8, 4) is 0 Å². The highest BCUT2D eigenvalue weighted by atomic mass is 32.2. The molecule has 58 valence electrons. The Balaban J connectivity index is 3.10. The molecule has 0 fully saturated rings. The molecule has 2 N–H and O–H groups in total. The predicted molar refractivity (Wildman–Crippen MR) is 40.9 cm³/mol. The fraction of sp³-hybridized carbons (Fsp3) is 0.500. The smallest absolute Gasteiger partial charge is 0.328 e. The molecule has 0 spiro atoms. The minimum absolute atomic E-state index is 0.161. The van der Waals surface area contributed by atoms with Gasteiger partial charge >= 0.3 is 5.97 Å². The van der Waals surface area contributed by atoms with E-state index >= 15 is 0 Å². The van der Waals surface area contributed by atoms with Gasteiger partial charge in [0.05, 0.1) is 0 Å². The summed E-state index contributed by atoms with van der Waals surface area (Å²) in [6.45, 7) is 0.161. The van der Waals surface area contributed by atoms with Gasteiger partial charge in [0.15, 0.2) is 0 Å². The van der Waals surface area contributed by atoms with Gasteiger partial charge in [0.25, 0.3) is 0 Å². The Morgan fingerprint density at radius 3 is 2.80 bits per heavy atom. The van der Waals surface area contributed by atoms with Gasteiger partial charge in [-0.05, 0) is 17.6 Å². The predicted octanol–water partition coefficient (Wildman–Crippen LogP) is 0.700. The number of aliphatic carboxylic acids is 1. The number of thioether (sulfide) groups is 1. The number of aliphatic hydroxyl groups excluding tert-OH is 1. The maximum atomic E-state index is 9.88. The number of aliphatic hydroxyl groups is 1. The summed E-state index contributed by atoms with van der Waals surface area (Å²) in [5.74, 6) is -0.170. The van der Waals surface area contributed by atoms with Crippen LogP contribution in [-0.4, -0.2) is 28.5 Å². The van der Waals surface area contributed by atoms with E-state index in [0.29, 0.717) is 6.42 Å². The van der Waals surface area contributed by atoms with Crippen LogP contribution < -0.4 is 0 Å². The van der Waals surface area contributed by atoms with Gasteiger partial charge < -0.3 is 10.2 Å². The zero-order chi connectivity index (χ0) is 7.82. The first-order chi connectivity index (χ1) is 4.77. The van der Waals surface area contributed by atoms with Crippen molar-refractivity contribution in [2.45, 2.75) is 6.42 Å². The van der Waals surface area contributed by atoms with Crippen LogP contribution in [0.4, 0.5) is 0 Å². The Hall–Kier alpha value is -0.480. The normalized spacial score (nSPS) is 10.5. The average molecular weight is 162 g/mol. The standard InChI is InChI=1S/C6H10O3S/c7-3-1-4-10-5-2-6(8)9/h2,5,7H,1,3-4H2,(H,8,9). The second-order valence-corrected chi connectivity index (χ2v) is 2.60. The van der Waals surface area contributed by atoms with Gasteiger partial charge in [-0.25, -0.2) is 4.79 Å².